The van der Waals surface area contributed by atoms with Crippen LogP contribution >= 0.6 is 0 Å². The van der Waals surface area contributed by atoms with E-state index in [0.29, 0.717) is 12.8 Å². The summed E-state index contributed by atoms with van der Waals surface area (Å²) in [7, 11) is 0. The van der Waals surface area contributed by atoms with Crippen LogP contribution in [0.15, 0.2) is 122 Å². The van der Waals surface area contributed by atoms with Gasteiger partial charge in [-0.1, -0.05) is 334 Å². The van der Waals surface area contributed by atoms with Crippen LogP contribution in [0, 0.1) is 0 Å². The van der Waals surface area contributed by atoms with E-state index in [1.54, 1.807) is 6.08 Å². The van der Waals surface area contributed by atoms with Gasteiger partial charge in [-0.25, -0.2) is 0 Å². The Morgan fingerprint density at radius 3 is 1.10 bits per heavy atom. The third kappa shape index (κ3) is 50.7. The maximum absolute atomic E-state index is 13.4. The van der Waals surface area contributed by atoms with Crippen LogP contribution in [-0.4, -0.2) is 140 Å². The quantitative estimate of drug-likeness (QED) is 0.0204. The summed E-state index contributed by atoms with van der Waals surface area (Å²) >= 11 is 0. The molecule has 14 nitrogen and oxygen atoms in total. The van der Waals surface area contributed by atoms with Gasteiger partial charge < -0.3 is 65.1 Å². The molecule has 0 aromatic rings. The van der Waals surface area contributed by atoms with Gasteiger partial charge in [0, 0.05) is 6.42 Å². The number of rotatable bonds is 67. The van der Waals surface area contributed by atoms with Gasteiger partial charge in [0.05, 0.1) is 32.0 Å². The van der Waals surface area contributed by atoms with Crippen molar-refractivity contribution < 1.29 is 64.6 Å². The summed E-state index contributed by atoms with van der Waals surface area (Å²) in [5.74, 6) is -0.252. The molecule has 0 aromatic heterocycles. The molecule has 0 spiro atoms. The van der Waals surface area contributed by atoms with E-state index in [1.165, 1.54) is 199 Å². The second kappa shape index (κ2) is 68.5. The average molecular weight is 1410 g/mol. The van der Waals surface area contributed by atoms with Gasteiger partial charge in [-0.05, 0) is 103 Å². The highest BCUT2D eigenvalue weighted by Gasteiger charge is 2.51. The Kier molecular flexibility index (Phi) is 63.3. The van der Waals surface area contributed by atoms with Gasteiger partial charge >= 0.3 is 0 Å². The molecule has 2 saturated heterocycles. The molecule has 0 aliphatic carbocycles. The van der Waals surface area contributed by atoms with Crippen LogP contribution in [0.3, 0.4) is 0 Å². The number of aliphatic hydroxyl groups is 8. The lowest BCUT2D eigenvalue weighted by Crippen LogP contribution is -2.65. The molecule has 14 heteroatoms. The lowest BCUT2D eigenvalue weighted by Gasteiger charge is -2.46. The summed E-state index contributed by atoms with van der Waals surface area (Å²) in [5, 5.41) is 87.6. The van der Waals surface area contributed by atoms with Gasteiger partial charge in [-0.2, -0.15) is 0 Å². The van der Waals surface area contributed by atoms with Crippen molar-refractivity contribution in [3.05, 3.63) is 122 Å². The minimum absolute atomic E-state index is 0.252. The summed E-state index contributed by atoms with van der Waals surface area (Å²) in [6.45, 7) is 2.69. The third-order valence-corrected chi connectivity index (χ3v) is 19.1. The Morgan fingerprint density at radius 1 is 0.370 bits per heavy atom. The van der Waals surface area contributed by atoms with Crippen LogP contribution in [0.1, 0.15) is 322 Å². The maximum atomic E-state index is 13.4. The number of nitrogens with one attached hydrogen (secondary N) is 1. The van der Waals surface area contributed by atoms with Gasteiger partial charge in [0.25, 0.3) is 0 Å². The molecule has 1 amide bonds. The Hall–Kier alpha value is -3.61. The van der Waals surface area contributed by atoms with E-state index in [-0.39, 0.29) is 18.9 Å². The van der Waals surface area contributed by atoms with Gasteiger partial charge in [0.2, 0.25) is 5.91 Å². The molecule has 100 heavy (non-hydrogen) atoms. The number of hydrogen-bond acceptors (Lipinski definition) is 13. The van der Waals surface area contributed by atoms with Crippen LogP contribution in [0.4, 0.5) is 0 Å². The molecule has 0 radical (unpaired) electrons. The lowest BCUT2D eigenvalue weighted by atomic mass is 9.97. The largest absolute Gasteiger partial charge is 0.394 e. The maximum Gasteiger partial charge on any atom is 0.220 e. The first-order chi connectivity index (χ1) is 49.1. The Labute approximate surface area is 609 Å². The highest BCUT2D eigenvalue weighted by molar-refractivity contribution is 5.76. The minimum Gasteiger partial charge on any atom is -0.394 e. The monoisotopic (exact) mass is 1400 g/mol. The third-order valence-electron chi connectivity index (χ3n) is 19.1. The molecular formula is C86H149NO13. The molecule has 0 bridgehead atoms. The molecule has 12 atom stereocenters. The van der Waals surface area contributed by atoms with Crippen molar-refractivity contribution in [2.75, 3.05) is 19.8 Å². The van der Waals surface area contributed by atoms with E-state index < -0.39 is 86.8 Å². The van der Waals surface area contributed by atoms with Crippen molar-refractivity contribution in [2.24, 2.45) is 0 Å². The van der Waals surface area contributed by atoms with Crippen molar-refractivity contribution in [3.63, 3.8) is 0 Å². The molecule has 2 heterocycles. The number of amides is 1. The highest BCUT2D eigenvalue weighted by Crippen LogP contribution is 2.30. The number of carbonyl (C=O) groups excluding carboxylic acids is 1. The number of allylic oxidation sites excluding steroid dienone is 19. The molecule has 2 aliphatic heterocycles. The van der Waals surface area contributed by atoms with E-state index in [1.807, 2.05) is 6.08 Å². The smallest absolute Gasteiger partial charge is 0.220 e. The fraction of sp³-hybridized carbons (Fsp3) is 0.756. The molecule has 0 saturated carbocycles. The second-order valence-corrected chi connectivity index (χ2v) is 28.1. The first-order valence-corrected chi connectivity index (χ1v) is 40.8. The zero-order valence-electron chi connectivity index (χ0n) is 63.2. The Bertz CT molecular complexity index is 2150. The normalized spacial score (nSPS) is 22.5. The number of hydrogen-bond donors (Lipinski definition) is 9. The van der Waals surface area contributed by atoms with Crippen LogP contribution in [0.2, 0.25) is 0 Å². The standard InChI is InChI=1S/C86H149NO13/c1-3-5-7-9-11-13-15-17-19-21-23-25-27-29-30-31-32-33-34-35-36-37-38-39-40-41-42-43-44-46-48-50-52-54-56-58-60-62-64-66-68-70-78(91)87-74(73-97-85-83(96)81(94)84(77(72-89)99-85)100-86-82(95)80(93)79(92)76(71-88)98-86)75(90)69-67-65-63-61-59-57-55-53-51-49-47-45-28-26-24-22-20-18-16-14-12-10-8-6-4-2/h5,7,11,13,17,19,23,25,29-30,32-33,35-36,51,53,59,61,67,69,74-77,79-86,88-90,92-96H,3-4,6,8-10,12,14-16,18,20-22,24,26-28,31,34,37-50,52,54-58,60,62-66,68,70-73H2,1-2H3,(H,87,91)/b7-5-,13-11-,19-17-,25-23-,30-29-,33-32-,36-35-,53-51+,61-59+,69-67+. The van der Waals surface area contributed by atoms with Crippen molar-refractivity contribution in [1.82, 2.24) is 5.32 Å². The van der Waals surface area contributed by atoms with Gasteiger partial charge in [0.1, 0.15) is 48.8 Å². The van der Waals surface area contributed by atoms with E-state index >= 15 is 0 Å². The predicted octanol–water partition coefficient (Wildman–Crippen LogP) is 18.8. The SMILES string of the molecule is CC/C=C\C/C=C\C/C=C\C/C=C\C/C=C\C/C=C\C/C=C\CCCCCCCCCCCCCCCCCCCCCC(=O)NC(COC1OC(CO)C(OC2OC(CO)C(O)C(O)C2O)C(O)C1O)C(O)/C=C/CC/C=C/CC/C=C/CCCCCCCCCCCCCCCCC. The minimum atomic E-state index is -1.80. The highest BCUT2D eigenvalue weighted by atomic mass is 16.7. The molecule has 9 N–H and O–H groups in total. The molecule has 2 aliphatic rings. The Balaban J connectivity index is 1.60. The van der Waals surface area contributed by atoms with Crippen LogP contribution < -0.4 is 5.32 Å². The zero-order chi connectivity index (χ0) is 72.2. The fourth-order valence-corrected chi connectivity index (χ4v) is 12.7. The summed E-state index contributed by atoms with van der Waals surface area (Å²) in [6.07, 6.45) is 84.3. The summed E-state index contributed by atoms with van der Waals surface area (Å²) < 4.78 is 22.9. The van der Waals surface area contributed by atoms with E-state index in [4.69, 9.17) is 18.9 Å². The summed E-state index contributed by atoms with van der Waals surface area (Å²) in [4.78, 5) is 13.4. The molecular weight excluding hydrogens is 1250 g/mol. The molecule has 2 rings (SSSR count). The fourth-order valence-electron chi connectivity index (χ4n) is 12.7. The van der Waals surface area contributed by atoms with E-state index in [9.17, 15) is 45.6 Å². The number of unbranched alkanes of at least 4 members (excludes halogenated alkanes) is 36. The summed E-state index contributed by atoms with van der Waals surface area (Å²) in [6, 6.07) is -0.945. The van der Waals surface area contributed by atoms with E-state index in [2.05, 4.69) is 129 Å². The van der Waals surface area contributed by atoms with Crippen molar-refractivity contribution in [3.8, 4) is 0 Å². The first-order valence-electron chi connectivity index (χ1n) is 40.8. The van der Waals surface area contributed by atoms with Crippen LogP contribution in [0.25, 0.3) is 0 Å². The molecule has 0 aromatic carbocycles. The van der Waals surface area contributed by atoms with Crippen LogP contribution in [-0.2, 0) is 23.7 Å². The van der Waals surface area contributed by atoms with Gasteiger partial charge in [-0.3, -0.25) is 4.79 Å². The number of carbonyl (C=O) groups is 1. The van der Waals surface area contributed by atoms with Gasteiger partial charge in [0.15, 0.2) is 12.6 Å². The van der Waals surface area contributed by atoms with Gasteiger partial charge in [-0.15, -0.1) is 0 Å². The zero-order valence-corrected chi connectivity index (χ0v) is 63.2. The predicted molar refractivity (Wildman–Crippen MR) is 415 cm³/mol. The average Bonchev–Trinajstić information content (AvgIpc) is 0.791. The Morgan fingerprint density at radius 2 is 0.700 bits per heavy atom. The number of ether oxygens (including phenoxy) is 4. The van der Waals surface area contributed by atoms with Crippen molar-refractivity contribution >= 4 is 5.91 Å². The first kappa shape index (κ1) is 92.5. The topological polar surface area (TPSA) is 228 Å². The molecule has 2 fully saturated rings. The molecule has 12 unspecified atom stereocenters. The number of aliphatic hydroxyl groups excluding tert-OH is 8. The molecule has 576 valence electrons. The lowest BCUT2D eigenvalue weighted by molar-refractivity contribution is -0.359. The van der Waals surface area contributed by atoms with Crippen LogP contribution in [0.5, 0.6) is 0 Å². The second-order valence-electron chi connectivity index (χ2n) is 28.1. The van der Waals surface area contributed by atoms with Crippen molar-refractivity contribution in [2.45, 2.75) is 396 Å². The van der Waals surface area contributed by atoms with Crippen molar-refractivity contribution in [1.29, 1.82) is 0 Å². The van der Waals surface area contributed by atoms with E-state index in [0.717, 1.165) is 89.9 Å². The summed E-state index contributed by atoms with van der Waals surface area (Å²) in [5.41, 5.74) is 0.